The van der Waals surface area contributed by atoms with Crippen LogP contribution >= 0.6 is 0 Å². The summed E-state index contributed by atoms with van der Waals surface area (Å²) >= 11 is 0. The third kappa shape index (κ3) is 4.65. The number of anilines is 1. The minimum atomic E-state index is -3.62. The lowest BCUT2D eigenvalue weighted by Gasteiger charge is -2.30. The predicted molar refractivity (Wildman–Crippen MR) is 124 cm³/mol. The molecule has 0 bridgehead atoms. The van der Waals surface area contributed by atoms with Crippen molar-refractivity contribution >= 4 is 38.6 Å². The van der Waals surface area contributed by atoms with Gasteiger partial charge in [0, 0.05) is 24.0 Å². The number of carbonyl (C=O) groups is 2. The Bertz CT molecular complexity index is 1280. The van der Waals surface area contributed by atoms with E-state index in [1.54, 1.807) is 31.2 Å². The zero-order valence-corrected chi connectivity index (χ0v) is 19.4. The van der Waals surface area contributed by atoms with Gasteiger partial charge in [-0.05, 0) is 62.1 Å². The number of esters is 1. The summed E-state index contributed by atoms with van der Waals surface area (Å²) in [6, 6.07) is 12.7. The summed E-state index contributed by atoms with van der Waals surface area (Å²) in [5.74, 6) is -0.953. The van der Waals surface area contributed by atoms with E-state index in [0.717, 1.165) is 12.8 Å². The van der Waals surface area contributed by atoms with Gasteiger partial charge in [0.1, 0.15) is 11.3 Å². The van der Waals surface area contributed by atoms with Crippen LogP contribution < -0.4 is 5.32 Å². The van der Waals surface area contributed by atoms with Crippen molar-refractivity contribution in [2.75, 3.05) is 25.0 Å². The van der Waals surface area contributed by atoms with Crippen molar-refractivity contribution in [1.29, 1.82) is 0 Å². The van der Waals surface area contributed by atoms with Crippen molar-refractivity contribution in [2.45, 2.75) is 31.6 Å². The molecule has 1 atom stereocenters. The first kappa shape index (κ1) is 23.0. The van der Waals surface area contributed by atoms with Crippen LogP contribution in [0, 0.1) is 5.92 Å². The van der Waals surface area contributed by atoms with Gasteiger partial charge < -0.3 is 14.5 Å². The number of nitrogens with zero attached hydrogens (tertiary/aromatic N) is 1. The first-order valence-electron chi connectivity index (χ1n) is 10.9. The summed E-state index contributed by atoms with van der Waals surface area (Å²) in [6.07, 6.45) is 1.85. The van der Waals surface area contributed by atoms with E-state index in [2.05, 4.69) is 5.32 Å². The van der Waals surface area contributed by atoms with Gasteiger partial charge in [0.05, 0.1) is 11.5 Å². The molecule has 1 unspecified atom stereocenters. The summed E-state index contributed by atoms with van der Waals surface area (Å²) in [5.41, 5.74) is 0.905. The monoisotopic (exact) mass is 470 g/mol. The Labute approximate surface area is 192 Å². The molecule has 0 spiro atoms. The Hall–Kier alpha value is -3.17. The van der Waals surface area contributed by atoms with Gasteiger partial charge in [-0.3, -0.25) is 4.79 Å². The maximum Gasteiger partial charge on any atom is 0.376 e. The van der Waals surface area contributed by atoms with E-state index in [1.807, 2.05) is 6.92 Å². The Morgan fingerprint density at radius 3 is 2.58 bits per heavy atom. The molecular formula is C24H26N2O6S. The number of benzene rings is 2. The third-order valence-electron chi connectivity index (χ3n) is 5.67. The van der Waals surface area contributed by atoms with Crippen molar-refractivity contribution in [2.24, 2.45) is 5.92 Å². The quantitative estimate of drug-likeness (QED) is 0.539. The molecule has 2 aromatic carbocycles. The van der Waals surface area contributed by atoms with E-state index >= 15 is 0 Å². The molecule has 3 aromatic rings. The molecule has 0 saturated carbocycles. The maximum absolute atomic E-state index is 13.0. The molecule has 1 saturated heterocycles. The molecule has 1 aromatic heterocycles. The first-order valence-corrected chi connectivity index (χ1v) is 12.4. The minimum absolute atomic E-state index is 0.0928. The number of hydrogen-bond donors (Lipinski definition) is 1. The minimum Gasteiger partial charge on any atom is -0.460 e. The number of piperidine rings is 1. The van der Waals surface area contributed by atoms with Crippen molar-refractivity contribution in [3.63, 3.8) is 0 Å². The average molecular weight is 471 g/mol. The summed E-state index contributed by atoms with van der Waals surface area (Å²) in [5, 5.41) is 3.29. The van der Waals surface area contributed by atoms with Crippen LogP contribution in [0.4, 0.5) is 5.69 Å². The second-order valence-electron chi connectivity index (χ2n) is 8.11. The number of carbonyl (C=O) groups excluding carboxylic acids is 2. The summed E-state index contributed by atoms with van der Waals surface area (Å²) in [6.45, 7) is 4.88. The van der Waals surface area contributed by atoms with Gasteiger partial charge in [0.15, 0.2) is 0 Å². The van der Waals surface area contributed by atoms with Gasteiger partial charge in [-0.1, -0.05) is 19.1 Å². The van der Waals surface area contributed by atoms with E-state index in [4.69, 9.17) is 9.15 Å². The average Bonchev–Trinajstić information content (AvgIpc) is 3.18. The van der Waals surface area contributed by atoms with Crippen LogP contribution in [0.5, 0.6) is 0 Å². The van der Waals surface area contributed by atoms with Crippen molar-refractivity contribution in [3.8, 4) is 0 Å². The maximum atomic E-state index is 13.0. The fourth-order valence-corrected chi connectivity index (χ4v) is 5.59. The molecule has 8 nitrogen and oxygen atoms in total. The molecule has 1 aliphatic rings. The second kappa shape index (κ2) is 9.36. The van der Waals surface area contributed by atoms with Gasteiger partial charge in [0.2, 0.25) is 15.8 Å². The van der Waals surface area contributed by atoms with Crippen LogP contribution in [0.3, 0.4) is 0 Å². The molecule has 1 fully saturated rings. The van der Waals surface area contributed by atoms with Crippen LogP contribution in [-0.2, 0) is 14.8 Å². The lowest BCUT2D eigenvalue weighted by Crippen LogP contribution is -2.39. The van der Waals surface area contributed by atoms with Gasteiger partial charge >= 0.3 is 5.97 Å². The Balaban J connectivity index is 1.58. The molecule has 0 radical (unpaired) electrons. The number of fused-ring (bicyclic) bond motifs is 1. The van der Waals surface area contributed by atoms with Crippen molar-refractivity contribution in [3.05, 3.63) is 59.9 Å². The highest BCUT2D eigenvalue weighted by atomic mass is 32.2. The topological polar surface area (TPSA) is 106 Å². The van der Waals surface area contributed by atoms with Crippen molar-refractivity contribution < 1.29 is 27.2 Å². The molecule has 0 aliphatic carbocycles. The fraction of sp³-hybridized carbons (Fsp3) is 0.333. The van der Waals surface area contributed by atoms with E-state index in [0.29, 0.717) is 30.0 Å². The summed E-state index contributed by atoms with van der Waals surface area (Å²) in [4.78, 5) is 25.4. The number of ether oxygens (including phenoxy) is 1. The van der Waals surface area contributed by atoms with Crippen LogP contribution in [0.1, 0.15) is 47.6 Å². The molecule has 1 amide bonds. The largest absolute Gasteiger partial charge is 0.460 e. The number of para-hydroxylation sites is 1. The highest BCUT2D eigenvalue weighted by Crippen LogP contribution is 2.32. The summed E-state index contributed by atoms with van der Waals surface area (Å²) in [7, 11) is -3.62. The van der Waals surface area contributed by atoms with Crippen molar-refractivity contribution in [1.82, 2.24) is 4.31 Å². The second-order valence-corrected chi connectivity index (χ2v) is 10.0. The first-order chi connectivity index (χ1) is 15.8. The molecule has 174 valence electrons. The fourth-order valence-electron chi connectivity index (χ4n) is 3.99. The number of rotatable bonds is 6. The molecule has 4 rings (SSSR count). The summed E-state index contributed by atoms with van der Waals surface area (Å²) < 4.78 is 38.1. The SMILES string of the molecule is CCOC(=O)c1oc2ccccc2c1NC(=O)c1ccc(S(=O)(=O)N2CCCC(C)C2)cc1. The number of nitrogens with one attached hydrogen (secondary N) is 1. The molecule has 1 N–H and O–H groups in total. The lowest BCUT2D eigenvalue weighted by atomic mass is 10.0. The number of sulfonamides is 1. The van der Waals surface area contributed by atoms with Crippen LogP contribution in [-0.4, -0.2) is 44.3 Å². The van der Waals surface area contributed by atoms with E-state index < -0.39 is 21.9 Å². The Morgan fingerprint density at radius 2 is 1.88 bits per heavy atom. The van der Waals surface area contributed by atoms with Gasteiger partial charge in [0.25, 0.3) is 5.91 Å². The van der Waals surface area contributed by atoms with E-state index in [9.17, 15) is 18.0 Å². The highest BCUT2D eigenvalue weighted by molar-refractivity contribution is 7.89. The number of furan rings is 1. The van der Waals surface area contributed by atoms with Crippen LogP contribution in [0.2, 0.25) is 0 Å². The van der Waals surface area contributed by atoms with Gasteiger partial charge in [-0.15, -0.1) is 0 Å². The molecule has 33 heavy (non-hydrogen) atoms. The van der Waals surface area contributed by atoms with Gasteiger partial charge in [-0.2, -0.15) is 4.31 Å². The van der Waals surface area contributed by atoms with E-state index in [1.165, 1.54) is 28.6 Å². The zero-order chi connectivity index (χ0) is 23.6. The number of amides is 1. The lowest BCUT2D eigenvalue weighted by molar-refractivity contribution is 0.0494. The third-order valence-corrected chi connectivity index (χ3v) is 7.55. The van der Waals surface area contributed by atoms with Crippen LogP contribution in [0.15, 0.2) is 57.8 Å². The molecular weight excluding hydrogens is 444 g/mol. The normalized spacial score (nSPS) is 17.1. The Morgan fingerprint density at radius 1 is 1.15 bits per heavy atom. The standard InChI is InChI=1S/C24H26N2O6S/c1-3-31-24(28)22-21(19-8-4-5-9-20(19)32-22)25-23(27)17-10-12-18(13-11-17)33(29,30)26-14-6-7-16(2)15-26/h4-5,8-13,16H,3,6-7,14-15H2,1-2H3,(H,25,27). The highest BCUT2D eigenvalue weighted by Gasteiger charge is 2.29. The smallest absolute Gasteiger partial charge is 0.376 e. The Kier molecular flexibility index (Phi) is 6.53. The number of hydrogen-bond acceptors (Lipinski definition) is 6. The predicted octanol–water partition coefficient (Wildman–Crippen LogP) is 4.28. The van der Waals surface area contributed by atoms with Crippen LogP contribution in [0.25, 0.3) is 11.0 Å². The van der Waals surface area contributed by atoms with E-state index in [-0.39, 0.29) is 28.5 Å². The molecule has 9 heteroatoms. The van der Waals surface area contributed by atoms with Gasteiger partial charge in [-0.25, -0.2) is 13.2 Å². The molecule has 2 heterocycles. The zero-order valence-electron chi connectivity index (χ0n) is 18.5. The molecule has 1 aliphatic heterocycles.